The van der Waals surface area contributed by atoms with Crippen LogP contribution in [0.3, 0.4) is 0 Å². The highest BCUT2D eigenvalue weighted by molar-refractivity contribution is 5.95. The van der Waals surface area contributed by atoms with E-state index in [0.717, 1.165) is 18.4 Å². The molecule has 31 heavy (non-hydrogen) atoms. The van der Waals surface area contributed by atoms with E-state index in [-0.39, 0.29) is 17.0 Å². The maximum absolute atomic E-state index is 14.6. The Morgan fingerprint density at radius 2 is 2.13 bits per heavy atom. The number of likely N-dealkylation sites (tertiary alicyclic amines) is 1. The van der Waals surface area contributed by atoms with Crippen LogP contribution in [0.2, 0.25) is 0 Å². The van der Waals surface area contributed by atoms with E-state index in [1.165, 1.54) is 6.07 Å². The van der Waals surface area contributed by atoms with Gasteiger partial charge in [0.25, 0.3) is 11.5 Å². The number of carbonyl (C=O) groups is 1. The van der Waals surface area contributed by atoms with Gasteiger partial charge in [-0.3, -0.25) is 9.59 Å². The molecule has 2 atom stereocenters. The molecule has 1 aliphatic rings. The van der Waals surface area contributed by atoms with E-state index in [4.69, 9.17) is 0 Å². The van der Waals surface area contributed by atoms with Gasteiger partial charge in [-0.2, -0.15) is 5.10 Å². The van der Waals surface area contributed by atoms with E-state index >= 15 is 0 Å². The maximum atomic E-state index is 14.6. The zero-order chi connectivity index (χ0) is 22.5. The molecule has 1 fully saturated rings. The zero-order valence-electron chi connectivity index (χ0n) is 18.5. The molecular formula is C25H30FN3O2. The van der Waals surface area contributed by atoms with Crippen LogP contribution in [0, 0.1) is 17.7 Å². The second-order valence-corrected chi connectivity index (χ2v) is 8.24. The fraction of sp³-hybridized carbons (Fsp3) is 0.400. The number of aromatic nitrogens is 2. The Kier molecular flexibility index (Phi) is 7.21. The van der Waals surface area contributed by atoms with Gasteiger partial charge in [-0.25, -0.2) is 9.49 Å². The van der Waals surface area contributed by atoms with Crippen LogP contribution in [-0.2, 0) is 6.42 Å². The highest BCUT2D eigenvalue weighted by Crippen LogP contribution is 2.28. The fourth-order valence-corrected chi connectivity index (χ4v) is 4.41. The third-order valence-corrected chi connectivity index (χ3v) is 6.06. The number of benzene rings is 1. The van der Waals surface area contributed by atoms with Gasteiger partial charge in [0.15, 0.2) is 0 Å². The van der Waals surface area contributed by atoms with Crippen molar-refractivity contribution in [2.75, 3.05) is 13.1 Å². The minimum atomic E-state index is -0.516. The normalized spacial score (nSPS) is 19.8. The molecule has 0 saturated carbocycles. The summed E-state index contributed by atoms with van der Waals surface area (Å²) in [4.78, 5) is 27.0. The Morgan fingerprint density at radius 3 is 2.81 bits per heavy atom. The Bertz CT molecular complexity index is 1150. The first-order chi connectivity index (χ1) is 14.9. The highest BCUT2D eigenvalue weighted by atomic mass is 19.1. The summed E-state index contributed by atoms with van der Waals surface area (Å²) in [5.41, 5.74) is 1.20. The number of carbonyl (C=O) groups excluding carboxylic acids is 1. The van der Waals surface area contributed by atoms with Gasteiger partial charge in [-0.05, 0) is 49.0 Å². The number of rotatable bonds is 6. The molecule has 2 heterocycles. The van der Waals surface area contributed by atoms with Crippen molar-refractivity contribution in [3.05, 3.63) is 74.3 Å². The second-order valence-electron chi connectivity index (χ2n) is 8.24. The number of nitrogens with one attached hydrogen (secondary N) is 1. The lowest BCUT2D eigenvalue weighted by molar-refractivity contribution is 0.0779. The van der Waals surface area contributed by atoms with Gasteiger partial charge in [0.2, 0.25) is 0 Å². The number of aromatic amines is 1. The molecule has 0 radical (unpaired) electrons. The van der Waals surface area contributed by atoms with Gasteiger partial charge in [0.1, 0.15) is 5.82 Å². The van der Waals surface area contributed by atoms with E-state index in [1.807, 2.05) is 13.0 Å². The summed E-state index contributed by atoms with van der Waals surface area (Å²) in [7, 11) is 0. The van der Waals surface area contributed by atoms with Crippen molar-refractivity contribution in [3.8, 4) is 0 Å². The summed E-state index contributed by atoms with van der Waals surface area (Å²) in [6.45, 7) is 11.1. The van der Waals surface area contributed by atoms with E-state index in [1.54, 1.807) is 29.2 Å². The Hall–Kier alpha value is -3.02. The molecule has 1 amide bonds. The van der Waals surface area contributed by atoms with Gasteiger partial charge in [-0.15, -0.1) is 0 Å². The van der Waals surface area contributed by atoms with Gasteiger partial charge >= 0.3 is 0 Å². The smallest absolute Gasteiger partial charge is 0.272 e. The van der Waals surface area contributed by atoms with Crippen molar-refractivity contribution in [3.63, 3.8) is 0 Å². The molecule has 1 aromatic carbocycles. The van der Waals surface area contributed by atoms with E-state index < -0.39 is 5.82 Å². The van der Waals surface area contributed by atoms with Crippen LogP contribution in [0.1, 0.15) is 55.2 Å². The van der Waals surface area contributed by atoms with E-state index in [0.29, 0.717) is 47.5 Å². The molecule has 1 aromatic heterocycles. The minimum absolute atomic E-state index is 0.0891. The number of H-pyrrole nitrogens is 1. The van der Waals surface area contributed by atoms with Gasteiger partial charge in [0.05, 0.1) is 11.3 Å². The lowest BCUT2D eigenvalue weighted by Gasteiger charge is -2.17. The molecule has 0 aliphatic carbocycles. The first kappa shape index (κ1) is 22.7. The predicted octanol–water partition coefficient (Wildman–Crippen LogP) is 2.77. The Morgan fingerprint density at radius 1 is 1.35 bits per heavy atom. The van der Waals surface area contributed by atoms with Crippen LogP contribution >= 0.6 is 0 Å². The summed E-state index contributed by atoms with van der Waals surface area (Å²) in [6.07, 6.45) is 7.53. The van der Waals surface area contributed by atoms with Crippen LogP contribution in [-0.4, -0.2) is 34.1 Å². The molecule has 164 valence electrons. The number of allylic oxidation sites excluding steroid dienone is 1. The molecule has 0 bridgehead atoms. The predicted molar refractivity (Wildman–Crippen MR) is 122 cm³/mol. The van der Waals surface area contributed by atoms with Crippen LogP contribution in [0.25, 0.3) is 12.2 Å². The third kappa shape index (κ3) is 4.84. The van der Waals surface area contributed by atoms with Crippen molar-refractivity contribution in [2.45, 2.75) is 40.0 Å². The Labute approximate surface area is 182 Å². The minimum Gasteiger partial charge on any atom is -0.338 e. The first-order valence-electron chi connectivity index (χ1n) is 10.8. The number of hydrogen-bond donors (Lipinski definition) is 1. The number of amides is 1. The molecule has 5 nitrogen and oxygen atoms in total. The van der Waals surface area contributed by atoms with Crippen LogP contribution in [0.5, 0.6) is 0 Å². The van der Waals surface area contributed by atoms with Crippen molar-refractivity contribution >= 4 is 18.1 Å². The third-order valence-electron chi connectivity index (χ3n) is 6.06. The first-order valence-corrected chi connectivity index (χ1v) is 10.8. The highest BCUT2D eigenvalue weighted by Gasteiger charge is 2.33. The molecule has 6 heteroatoms. The fourth-order valence-electron chi connectivity index (χ4n) is 4.41. The van der Waals surface area contributed by atoms with Gasteiger partial charge < -0.3 is 4.90 Å². The van der Waals surface area contributed by atoms with Gasteiger partial charge in [0, 0.05) is 29.9 Å². The maximum Gasteiger partial charge on any atom is 0.272 e. The SMILES string of the molecule is C=C/C=c1/c(=O)[nH]nc(Cc2ccc(F)c(C(=O)N3CC(C)C(CCC)C3)c2)/c1=C/C. The summed E-state index contributed by atoms with van der Waals surface area (Å²) in [5, 5.41) is 7.89. The van der Waals surface area contributed by atoms with Crippen molar-refractivity contribution in [1.82, 2.24) is 15.1 Å². The molecule has 0 spiro atoms. The monoisotopic (exact) mass is 423 g/mol. The second kappa shape index (κ2) is 9.86. The van der Waals surface area contributed by atoms with Crippen molar-refractivity contribution in [1.29, 1.82) is 0 Å². The average Bonchev–Trinajstić information content (AvgIpc) is 3.12. The number of halogens is 1. The molecule has 1 N–H and O–H groups in total. The number of nitrogens with zero attached hydrogens (tertiary/aromatic N) is 2. The average molecular weight is 424 g/mol. The molecule has 3 rings (SSSR count). The zero-order valence-corrected chi connectivity index (χ0v) is 18.5. The van der Waals surface area contributed by atoms with Crippen molar-refractivity contribution in [2.24, 2.45) is 11.8 Å². The number of hydrogen-bond acceptors (Lipinski definition) is 3. The molecule has 1 aliphatic heterocycles. The van der Waals surface area contributed by atoms with Crippen LogP contribution in [0.4, 0.5) is 4.39 Å². The Balaban J connectivity index is 1.92. The largest absolute Gasteiger partial charge is 0.338 e. The lowest BCUT2D eigenvalue weighted by atomic mass is 9.94. The summed E-state index contributed by atoms with van der Waals surface area (Å²) in [5.74, 6) is 0.107. The molecular weight excluding hydrogens is 393 g/mol. The molecule has 1 saturated heterocycles. The molecule has 2 aromatic rings. The van der Waals surface area contributed by atoms with Crippen LogP contribution < -0.4 is 16.0 Å². The molecule has 2 unspecified atom stereocenters. The summed E-state index contributed by atoms with van der Waals surface area (Å²) >= 11 is 0. The summed E-state index contributed by atoms with van der Waals surface area (Å²) < 4.78 is 14.6. The van der Waals surface area contributed by atoms with Gasteiger partial charge in [-0.1, -0.05) is 45.1 Å². The van der Waals surface area contributed by atoms with E-state index in [2.05, 4.69) is 30.6 Å². The quantitative estimate of drug-likeness (QED) is 0.777. The lowest BCUT2D eigenvalue weighted by Crippen LogP contribution is -2.44. The van der Waals surface area contributed by atoms with E-state index in [9.17, 15) is 14.0 Å². The topological polar surface area (TPSA) is 66.1 Å². The summed E-state index contributed by atoms with van der Waals surface area (Å²) in [6, 6.07) is 4.60. The standard InChI is InChI=1S/C25H30FN3O2/c1-5-8-18-15-29(14-16(18)4)25(31)21-12-17(10-11-22(21)26)13-23-19(7-3)20(9-6-2)24(30)28-27-23/h6-7,9-12,16,18H,2,5,8,13-15H2,1,3-4H3,(H,28,30)/b19-7+,20-9+. The van der Waals surface area contributed by atoms with Crippen molar-refractivity contribution < 1.29 is 9.18 Å². The van der Waals surface area contributed by atoms with Crippen LogP contribution in [0.15, 0.2) is 35.6 Å².